The van der Waals surface area contributed by atoms with Crippen molar-refractivity contribution in [2.24, 2.45) is 0 Å². The quantitative estimate of drug-likeness (QED) is 0.632. The molecular formula is C19H22FN5O. The van der Waals surface area contributed by atoms with Gasteiger partial charge >= 0.3 is 0 Å². The van der Waals surface area contributed by atoms with E-state index in [1.54, 1.807) is 18.6 Å². The summed E-state index contributed by atoms with van der Waals surface area (Å²) in [4.78, 5) is 8.47. The van der Waals surface area contributed by atoms with Gasteiger partial charge in [0.15, 0.2) is 5.82 Å². The second-order valence-electron chi connectivity index (χ2n) is 6.11. The molecule has 0 amide bonds. The van der Waals surface area contributed by atoms with Crippen LogP contribution in [0.5, 0.6) is 0 Å². The van der Waals surface area contributed by atoms with E-state index in [9.17, 15) is 4.39 Å². The second kappa shape index (κ2) is 8.53. The highest BCUT2D eigenvalue weighted by Gasteiger charge is 2.18. The van der Waals surface area contributed by atoms with E-state index in [4.69, 9.17) is 10.1 Å². The van der Waals surface area contributed by atoms with Crippen LogP contribution in [0.3, 0.4) is 0 Å². The standard InChI is InChI=1S/C19H22FN5O/c1-2-3-14-6-15(4-5-22-14)23-9-13(8-21)19-18(20)7-16(10-24-19)25-17-11-26-12-17/h4-10,17,21,25H,2-3,11-12H2,1H3,(H,22,23)/b13-9+,21-8?. The molecule has 0 aromatic carbocycles. The third kappa shape index (κ3) is 4.43. The highest BCUT2D eigenvalue weighted by atomic mass is 19.1. The molecule has 0 bridgehead atoms. The third-order valence-electron chi connectivity index (χ3n) is 4.00. The molecule has 3 N–H and O–H groups in total. The molecule has 0 saturated carbocycles. The SMILES string of the molecule is CCCc1cc(N/C=C(\C=N)c2ncc(NC3COC3)cc2F)ccn1. The first-order chi connectivity index (χ1) is 12.7. The van der Waals surface area contributed by atoms with Crippen LogP contribution in [-0.4, -0.2) is 35.4 Å². The topological polar surface area (TPSA) is 82.9 Å². The highest BCUT2D eigenvalue weighted by molar-refractivity contribution is 6.08. The second-order valence-corrected chi connectivity index (χ2v) is 6.11. The molecule has 3 rings (SSSR count). The highest BCUT2D eigenvalue weighted by Crippen LogP contribution is 2.20. The average molecular weight is 355 g/mol. The fraction of sp³-hybridized carbons (Fsp3) is 0.316. The number of nitrogens with zero attached hydrogens (tertiary/aromatic N) is 2. The zero-order valence-corrected chi connectivity index (χ0v) is 14.6. The molecule has 0 unspecified atom stereocenters. The number of nitrogens with one attached hydrogen (secondary N) is 3. The van der Waals surface area contributed by atoms with Crippen LogP contribution in [0.25, 0.3) is 5.57 Å². The molecular weight excluding hydrogens is 333 g/mol. The van der Waals surface area contributed by atoms with Crippen molar-refractivity contribution >= 4 is 23.2 Å². The maximum absolute atomic E-state index is 14.4. The van der Waals surface area contributed by atoms with Gasteiger partial charge in [-0.25, -0.2) is 4.39 Å². The first-order valence-electron chi connectivity index (χ1n) is 8.62. The molecule has 1 fully saturated rings. The van der Waals surface area contributed by atoms with E-state index >= 15 is 0 Å². The van der Waals surface area contributed by atoms with Gasteiger partial charge in [-0.2, -0.15) is 0 Å². The summed E-state index contributed by atoms with van der Waals surface area (Å²) in [7, 11) is 0. The Morgan fingerprint density at radius 3 is 2.85 bits per heavy atom. The van der Waals surface area contributed by atoms with Gasteiger partial charge in [0, 0.05) is 41.6 Å². The van der Waals surface area contributed by atoms with Gasteiger partial charge in [-0.1, -0.05) is 13.3 Å². The lowest BCUT2D eigenvalue weighted by molar-refractivity contribution is 0.0211. The Balaban J connectivity index is 1.73. The number of halogens is 1. The van der Waals surface area contributed by atoms with E-state index in [0.717, 1.165) is 30.4 Å². The molecule has 3 heterocycles. The van der Waals surface area contributed by atoms with E-state index in [2.05, 4.69) is 27.5 Å². The van der Waals surface area contributed by atoms with Gasteiger partial charge in [-0.3, -0.25) is 9.97 Å². The van der Waals surface area contributed by atoms with Crippen LogP contribution in [0.15, 0.2) is 36.8 Å². The van der Waals surface area contributed by atoms with Crippen LogP contribution in [0.1, 0.15) is 24.7 Å². The Morgan fingerprint density at radius 1 is 1.35 bits per heavy atom. The molecule has 2 aromatic heterocycles. The van der Waals surface area contributed by atoms with Gasteiger partial charge in [0.05, 0.1) is 31.1 Å². The number of rotatable bonds is 8. The van der Waals surface area contributed by atoms with E-state index in [1.165, 1.54) is 6.07 Å². The van der Waals surface area contributed by atoms with Gasteiger partial charge in [0.25, 0.3) is 0 Å². The van der Waals surface area contributed by atoms with Crippen LogP contribution in [0, 0.1) is 11.2 Å². The minimum Gasteiger partial charge on any atom is -0.377 e. The number of hydrogen-bond acceptors (Lipinski definition) is 6. The van der Waals surface area contributed by atoms with E-state index < -0.39 is 5.82 Å². The van der Waals surface area contributed by atoms with Gasteiger partial charge in [0.2, 0.25) is 0 Å². The number of aryl methyl sites for hydroxylation is 1. The molecule has 1 aliphatic rings. The number of allylic oxidation sites excluding steroid dienone is 1. The molecule has 2 aromatic rings. The molecule has 0 aliphatic carbocycles. The van der Waals surface area contributed by atoms with Crippen molar-refractivity contribution in [3.05, 3.63) is 54.0 Å². The lowest BCUT2D eigenvalue weighted by atomic mass is 10.1. The first kappa shape index (κ1) is 18.0. The summed E-state index contributed by atoms with van der Waals surface area (Å²) in [5.74, 6) is -0.479. The number of anilines is 2. The van der Waals surface area contributed by atoms with Crippen molar-refractivity contribution < 1.29 is 9.13 Å². The molecule has 7 heteroatoms. The maximum Gasteiger partial charge on any atom is 0.151 e. The van der Waals surface area contributed by atoms with Crippen molar-refractivity contribution in [1.29, 1.82) is 5.41 Å². The smallest absolute Gasteiger partial charge is 0.151 e. The minimum atomic E-state index is -0.479. The van der Waals surface area contributed by atoms with Crippen molar-refractivity contribution in [1.82, 2.24) is 9.97 Å². The summed E-state index contributed by atoms with van der Waals surface area (Å²) in [5, 5.41) is 13.8. The summed E-state index contributed by atoms with van der Waals surface area (Å²) < 4.78 is 19.5. The van der Waals surface area contributed by atoms with Gasteiger partial charge < -0.3 is 20.8 Å². The van der Waals surface area contributed by atoms with E-state index in [1.807, 2.05) is 12.1 Å². The summed E-state index contributed by atoms with van der Waals surface area (Å²) in [6, 6.07) is 5.36. The van der Waals surface area contributed by atoms with Gasteiger partial charge in [-0.05, 0) is 18.6 Å². The van der Waals surface area contributed by atoms with Gasteiger partial charge in [0.1, 0.15) is 5.69 Å². The maximum atomic E-state index is 14.4. The predicted octanol–water partition coefficient (Wildman–Crippen LogP) is 3.48. The number of ether oxygens (including phenoxy) is 1. The van der Waals surface area contributed by atoms with Crippen LogP contribution < -0.4 is 10.6 Å². The Bertz CT molecular complexity index is 804. The summed E-state index contributed by atoms with van der Waals surface area (Å²) in [6.45, 7) is 3.33. The van der Waals surface area contributed by atoms with Crippen molar-refractivity contribution in [2.75, 3.05) is 23.8 Å². The Morgan fingerprint density at radius 2 is 2.19 bits per heavy atom. The fourth-order valence-electron chi connectivity index (χ4n) is 2.58. The van der Waals surface area contributed by atoms with E-state index in [-0.39, 0.29) is 11.7 Å². The van der Waals surface area contributed by atoms with Crippen LogP contribution in [0.4, 0.5) is 15.8 Å². The molecule has 26 heavy (non-hydrogen) atoms. The molecule has 6 nitrogen and oxygen atoms in total. The Kier molecular flexibility index (Phi) is 5.91. The molecule has 1 aliphatic heterocycles. The normalized spacial score (nSPS) is 14.6. The lowest BCUT2D eigenvalue weighted by Crippen LogP contribution is -2.40. The predicted molar refractivity (Wildman–Crippen MR) is 101 cm³/mol. The fourth-order valence-corrected chi connectivity index (χ4v) is 2.58. The van der Waals surface area contributed by atoms with Crippen LogP contribution >= 0.6 is 0 Å². The third-order valence-corrected chi connectivity index (χ3v) is 4.00. The number of pyridine rings is 2. The van der Waals surface area contributed by atoms with Crippen LogP contribution in [-0.2, 0) is 11.2 Å². The Labute approximate surface area is 152 Å². The largest absolute Gasteiger partial charge is 0.377 e. The van der Waals surface area contributed by atoms with Crippen molar-refractivity contribution in [2.45, 2.75) is 25.8 Å². The monoisotopic (exact) mass is 355 g/mol. The molecule has 1 saturated heterocycles. The summed E-state index contributed by atoms with van der Waals surface area (Å²) >= 11 is 0. The van der Waals surface area contributed by atoms with Crippen LogP contribution in [0.2, 0.25) is 0 Å². The number of hydrogen-bond donors (Lipinski definition) is 3. The molecule has 136 valence electrons. The number of aromatic nitrogens is 2. The summed E-state index contributed by atoms with van der Waals surface area (Å²) in [5.41, 5.74) is 2.92. The molecule has 0 atom stereocenters. The Hall–Kier alpha value is -2.80. The van der Waals surface area contributed by atoms with Crippen molar-refractivity contribution in [3.8, 4) is 0 Å². The molecule has 0 radical (unpaired) electrons. The minimum absolute atomic E-state index is 0.130. The summed E-state index contributed by atoms with van der Waals surface area (Å²) in [6.07, 6.45) is 7.87. The average Bonchev–Trinajstić information content (AvgIpc) is 2.61. The lowest BCUT2D eigenvalue weighted by Gasteiger charge is -2.27. The van der Waals surface area contributed by atoms with Crippen molar-refractivity contribution in [3.63, 3.8) is 0 Å². The van der Waals surface area contributed by atoms with Gasteiger partial charge in [-0.15, -0.1) is 0 Å². The molecule has 0 spiro atoms. The first-order valence-corrected chi connectivity index (χ1v) is 8.62. The zero-order valence-electron chi connectivity index (χ0n) is 14.6. The zero-order chi connectivity index (χ0) is 18.4. The van der Waals surface area contributed by atoms with E-state index in [0.29, 0.717) is 24.5 Å².